The van der Waals surface area contributed by atoms with Crippen molar-refractivity contribution < 1.29 is 0 Å². The van der Waals surface area contributed by atoms with Crippen molar-refractivity contribution in [3.63, 3.8) is 0 Å². The minimum atomic E-state index is 0.995. The van der Waals surface area contributed by atoms with Crippen molar-refractivity contribution in [1.82, 2.24) is 4.98 Å². The van der Waals surface area contributed by atoms with E-state index >= 15 is 0 Å². The summed E-state index contributed by atoms with van der Waals surface area (Å²) in [5.74, 6) is 0. The summed E-state index contributed by atoms with van der Waals surface area (Å²) in [7, 11) is 1.97. The van der Waals surface area contributed by atoms with Gasteiger partial charge >= 0.3 is 0 Å². The van der Waals surface area contributed by atoms with Crippen LogP contribution in [0.5, 0.6) is 0 Å². The number of fused-ring (bicyclic) bond motifs is 1. The van der Waals surface area contributed by atoms with Gasteiger partial charge in [0.2, 0.25) is 0 Å². The lowest BCUT2D eigenvalue weighted by molar-refractivity contribution is 1.12. The lowest BCUT2D eigenvalue weighted by Crippen LogP contribution is -2.00. The largest absolute Gasteiger partial charge is 0.387 e. The van der Waals surface area contributed by atoms with Gasteiger partial charge in [-0.2, -0.15) is 0 Å². The highest BCUT2D eigenvalue weighted by Gasteiger charge is 2.11. The summed E-state index contributed by atoms with van der Waals surface area (Å²) in [6, 6.07) is 4.29. The maximum Gasteiger partial charge on any atom is 0.0758 e. The minimum absolute atomic E-state index is 0.995. The Kier molecular flexibility index (Phi) is 3.38. The predicted octanol–water partition coefficient (Wildman–Crippen LogP) is 4.22. The van der Waals surface area contributed by atoms with Crippen LogP contribution in [0.25, 0.3) is 10.9 Å². The monoisotopic (exact) mass is 292 g/mol. The van der Waals surface area contributed by atoms with Crippen LogP contribution in [0.3, 0.4) is 0 Å². The summed E-state index contributed by atoms with van der Waals surface area (Å²) in [5.41, 5.74) is 5.90. The molecule has 2 rings (SSSR count). The van der Waals surface area contributed by atoms with Crippen molar-refractivity contribution in [1.29, 1.82) is 0 Å². The fourth-order valence-electron chi connectivity index (χ4n) is 2.20. The second-order valence-electron chi connectivity index (χ2n) is 4.26. The highest BCUT2D eigenvalue weighted by atomic mass is 79.9. The number of hydrogen-bond acceptors (Lipinski definition) is 2. The van der Waals surface area contributed by atoms with E-state index in [0.29, 0.717) is 0 Å². The first kappa shape index (κ1) is 12.4. The molecule has 0 aliphatic heterocycles. The highest BCUT2D eigenvalue weighted by Crippen LogP contribution is 2.32. The molecule has 1 aromatic carbocycles. The van der Waals surface area contributed by atoms with Gasteiger partial charge in [-0.25, -0.2) is 0 Å². The molecular weight excluding hydrogens is 276 g/mol. The first-order chi connectivity index (χ1) is 8.08. The molecule has 0 unspecified atom stereocenters. The molecule has 17 heavy (non-hydrogen) atoms. The molecule has 90 valence electrons. The first-order valence-corrected chi connectivity index (χ1v) is 6.64. The molecule has 2 nitrogen and oxygen atoms in total. The Morgan fingerprint density at radius 1 is 1.29 bits per heavy atom. The van der Waals surface area contributed by atoms with Crippen LogP contribution in [0.4, 0.5) is 5.69 Å². The van der Waals surface area contributed by atoms with E-state index in [0.717, 1.165) is 22.1 Å². The molecule has 0 aliphatic carbocycles. The summed E-state index contributed by atoms with van der Waals surface area (Å²) in [5, 5.41) is 4.49. The fraction of sp³-hybridized carbons (Fsp3) is 0.357. The standard InChI is InChI=1S/C14H17BrN2/c1-5-10-6-11(15)7-12-13(16-4)8(2)9(3)17-14(10)12/h6-7H,5H2,1-4H3,(H,16,17). The second-order valence-corrected chi connectivity index (χ2v) is 5.18. The number of nitrogens with one attached hydrogen (secondary N) is 1. The SMILES string of the molecule is CCc1cc(Br)cc2c(NC)c(C)c(C)nc12. The topological polar surface area (TPSA) is 24.9 Å². The summed E-state index contributed by atoms with van der Waals surface area (Å²) in [4.78, 5) is 4.73. The van der Waals surface area contributed by atoms with Crippen LogP contribution in [-0.2, 0) is 6.42 Å². The van der Waals surface area contributed by atoms with E-state index in [9.17, 15) is 0 Å². The van der Waals surface area contributed by atoms with E-state index < -0.39 is 0 Å². The van der Waals surface area contributed by atoms with Gasteiger partial charge in [0.1, 0.15) is 0 Å². The molecule has 2 aromatic rings. The van der Waals surface area contributed by atoms with Crippen molar-refractivity contribution in [3.8, 4) is 0 Å². The third kappa shape index (κ3) is 2.04. The van der Waals surface area contributed by atoms with E-state index in [1.165, 1.54) is 22.2 Å². The smallest absolute Gasteiger partial charge is 0.0758 e. The number of halogens is 1. The molecule has 0 saturated heterocycles. The van der Waals surface area contributed by atoms with E-state index in [1.54, 1.807) is 0 Å². The minimum Gasteiger partial charge on any atom is -0.387 e. The summed E-state index contributed by atoms with van der Waals surface area (Å²) < 4.78 is 1.11. The summed E-state index contributed by atoms with van der Waals surface area (Å²) in [6.07, 6.45) is 0.995. The second kappa shape index (κ2) is 4.65. The van der Waals surface area contributed by atoms with Crippen molar-refractivity contribution in [2.24, 2.45) is 0 Å². The molecule has 0 aliphatic rings. The van der Waals surface area contributed by atoms with Gasteiger partial charge in [-0.1, -0.05) is 22.9 Å². The van der Waals surface area contributed by atoms with Gasteiger partial charge in [-0.15, -0.1) is 0 Å². The summed E-state index contributed by atoms with van der Waals surface area (Å²) >= 11 is 3.57. The maximum atomic E-state index is 4.73. The molecule has 0 amide bonds. The number of anilines is 1. The molecule has 0 atom stereocenters. The zero-order valence-corrected chi connectivity index (χ0v) is 12.3. The Morgan fingerprint density at radius 3 is 2.59 bits per heavy atom. The predicted molar refractivity (Wildman–Crippen MR) is 77.8 cm³/mol. The Morgan fingerprint density at radius 2 is 2.00 bits per heavy atom. The molecule has 0 fully saturated rings. The fourth-order valence-corrected chi connectivity index (χ4v) is 2.71. The Bertz CT molecular complexity index is 576. The van der Waals surface area contributed by atoms with Crippen molar-refractivity contribution in [3.05, 3.63) is 33.4 Å². The quantitative estimate of drug-likeness (QED) is 0.896. The summed E-state index contributed by atoms with van der Waals surface area (Å²) in [6.45, 7) is 6.34. The Labute approximate surface area is 111 Å². The average molecular weight is 293 g/mol. The molecule has 1 aromatic heterocycles. The van der Waals surface area contributed by atoms with Gasteiger partial charge in [0.25, 0.3) is 0 Å². The number of aromatic nitrogens is 1. The number of nitrogens with zero attached hydrogens (tertiary/aromatic N) is 1. The van der Waals surface area contributed by atoms with Crippen LogP contribution in [-0.4, -0.2) is 12.0 Å². The number of aryl methyl sites for hydroxylation is 2. The van der Waals surface area contributed by atoms with Crippen LogP contribution in [0.15, 0.2) is 16.6 Å². The van der Waals surface area contributed by atoms with Gasteiger partial charge in [0.05, 0.1) is 5.52 Å². The lowest BCUT2D eigenvalue weighted by Gasteiger charge is -2.14. The third-order valence-electron chi connectivity index (χ3n) is 3.25. The van der Waals surface area contributed by atoms with Crippen LogP contribution in [0.2, 0.25) is 0 Å². The Balaban J connectivity index is 2.94. The van der Waals surface area contributed by atoms with Gasteiger partial charge in [-0.05, 0) is 43.5 Å². The zero-order chi connectivity index (χ0) is 12.6. The average Bonchev–Trinajstić information content (AvgIpc) is 2.31. The lowest BCUT2D eigenvalue weighted by atomic mass is 10.0. The van der Waals surface area contributed by atoms with Gasteiger partial charge in [0, 0.05) is 28.3 Å². The van der Waals surface area contributed by atoms with E-state index in [1.807, 2.05) is 7.05 Å². The first-order valence-electron chi connectivity index (χ1n) is 5.85. The van der Waals surface area contributed by atoms with Crippen LogP contribution < -0.4 is 5.32 Å². The van der Waals surface area contributed by atoms with Gasteiger partial charge in [-0.3, -0.25) is 4.98 Å². The molecular formula is C14H17BrN2. The van der Waals surface area contributed by atoms with Gasteiger partial charge in [0.15, 0.2) is 0 Å². The molecule has 1 heterocycles. The molecule has 0 bridgehead atoms. The van der Waals surface area contributed by atoms with E-state index in [2.05, 4.69) is 54.2 Å². The number of benzene rings is 1. The van der Waals surface area contributed by atoms with E-state index in [-0.39, 0.29) is 0 Å². The molecule has 0 spiro atoms. The Hall–Kier alpha value is -1.09. The number of rotatable bonds is 2. The normalized spacial score (nSPS) is 10.9. The number of hydrogen-bond donors (Lipinski definition) is 1. The van der Waals surface area contributed by atoms with Crippen LogP contribution in [0.1, 0.15) is 23.7 Å². The van der Waals surface area contributed by atoms with Crippen LogP contribution >= 0.6 is 15.9 Å². The van der Waals surface area contributed by atoms with Crippen molar-refractivity contribution >= 4 is 32.5 Å². The molecule has 1 N–H and O–H groups in total. The van der Waals surface area contributed by atoms with Crippen LogP contribution in [0, 0.1) is 13.8 Å². The van der Waals surface area contributed by atoms with Gasteiger partial charge < -0.3 is 5.32 Å². The maximum absolute atomic E-state index is 4.73. The molecule has 3 heteroatoms. The zero-order valence-electron chi connectivity index (χ0n) is 10.7. The number of pyridine rings is 1. The third-order valence-corrected chi connectivity index (χ3v) is 3.71. The van der Waals surface area contributed by atoms with E-state index in [4.69, 9.17) is 4.98 Å². The molecule has 0 saturated carbocycles. The van der Waals surface area contributed by atoms with Crippen molar-refractivity contribution in [2.75, 3.05) is 12.4 Å². The highest BCUT2D eigenvalue weighted by molar-refractivity contribution is 9.10. The van der Waals surface area contributed by atoms with Crippen molar-refractivity contribution in [2.45, 2.75) is 27.2 Å². The molecule has 0 radical (unpaired) electrons.